The van der Waals surface area contributed by atoms with Gasteiger partial charge in [0.1, 0.15) is 6.33 Å². The molecule has 4 aromatic rings. The largest absolute Gasteiger partial charge is 0.368 e. The Hall–Kier alpha value is -3.32. The number of halogens is 1. The van der Waals surface area contributed by atoms with Crippen molar-refractivity contribution in [2.24, 2.45) is 0 Å². The molecule has 3 heterocycles. The maximum atomic E-state index is 6.03. The minimum atomic E-state index is 0.233. The third kappa shape index (κ3) is 3.32. The lowest BCUT2D eigenvalue weighted by atomic mass is 10.1. The third-order valence-corrected chi connectivity index (χ3v) is 4.90. The predicted octanol–water partition coefficient (Wildman–Crippen LogP) is 3.90. The van der Waals surface area contributed by atoms with Gasteiger partial charge in [-0.3, -0.25) is 4.57 Å². The molecule has 0 amide bonds. The number of nitrogen functional groups attached to an aromatic ring is 1. The summed E-state index contributed by atoms with van der Waals surface area (Å²) in [5, 5.41) is 0.699. The van der Waals surface area contributed by atoms with Crippen LogP contribution in [0.5, 0.6) is 0 Å². The molecule has 0 unspecified atom stereocenters. The van der Waals surface area contributed by atoms with E-state index in [-0.39, 0.29) is 5.95 Å². The SMILES string of the molecule is Nc1ncc(-c2cn(-c3nc(-c4ccc(Cl)cc4)cc(C4CC4)n3)cn2)cn1. The first-order chi connectivity index (χ1) is 13.7. The lowest BCUT2D eigenvalue weighted by molar-refractivity contribution is 0.884. The highest BCUT2D eigenvalue weighted by molar-refractivity contribution is 6.30. The number of benzene rings is 1. The maximum Gasteiger partial charge on any atom is 0.235 e. The Morgan fingerprint density at radius 3 is 2.39 bits per heavy atom. The number of hydrogen-bond donors (Lipinski definition) is 1. The summed E-state index contributed by atoms with van der Waals surface area (Å²) in [6, 6.07) is 9.74. The van der Waals surface area contributed by atoms with Crippen LogP contribution in [-0.2, 0) is 0 Å². The van der Waals surface area contributed by atoms with Crippen LogP contribution in [0.15, 0.2) is 55.2 Å². The molecule has 138 valence electrons. The quantitative estimate of drug-likeness (QED) is 0.568. The molecule has 3 aromatic heterocycles. The minimum absolute atomic E-state index is 0.233. The van der Waals surface area contributed by atoms with Crippen LogP contribution in [0.25, 0.3) is 28.5 Å². The van der Waals surface area contributed by atoms with Crippen LogP contribution in [0, 0.1) is 0 Å². The first-order valence-corrected chi connectivity index (χ1v) is 9.31. The van der Waals surface area contributed by atoms with E-state index in [0.717, 1.165) is 41.1 Å². The Morgan fingerprint density at radius 1 is 0.929 bits per heavy atom. The van der Waals surface area contributed by atoms with E-state index in [9.17, 15) is 0 Å². The van der Waals surface area contributed by atoms with Gasteiger partial charge in [0.25, 0.3) is 0 Å². The molecular weight excluding hydrogens is 374 g/mol. The third-order valence-electron chi connectivity index (χ3n) is 4.65. The van der Waals surface area contributed by atoms with Crippen molar-refractivity contribution in [1.29, 1.82) is 0 Å². The van der Waals surface area contributed by atoms with E-state index in [1.54, 1.807) is 18.7 Å². The van der Waals surface area contributed by atoms with Gasteiger partial charge in [-0.25, -0.2) is 24.9 Å². The molecule has 8 heteroatoms. The highest BCUT2D eigenvalue weighted by Gasteiger charge is 2.26. The Balaban J connectivity index is 1.56. The van der Waals surface area contributed by atoms with E-state index >= 15 is 0 Å². The number of anilines is 1. The number of hydrogen-bond acceptors (Lipinski definition) is 6. The number of rotatable bonds is 4. The summed E-state index contributed by atoms with van der Waals surface area (Å²) in [4.78, 5) is 22.0. The Labute approximate surface area is 166 Å². The smallest absolute Gasteiger partial charge is 0.235 e. The van der Waals surface area contributed by atoms with Gasteiger partial charge in [0, 0.05) is 46.4 Å². The van der Waals surface area contributed by atoms with Gasteiger partial charge in [-0.05, 0) is 31.0 Å². The molecule has 1 saturated carbocycles. The van der Waals surface area contributed by atoms with Crippen LogP contribution in [0.3, 0.4) is 0 Å². The van der Waals surface area contributed by atoms with Crippen LogP contribution in [0.1, 0.15) is 24.5 Å². The maximum absolute atomic E-state index is 6.03. The van der Waals surface area contributed by atoms with E-state index in [1.807, 2.05) is 35.0 Å². The molecule has 1 aromatic carbocycles. The fourth-order valence-corrected chi connectivity index (χ4v) is 3.10. The van der Waals surface area contributed by atoms with Crippen molar-refractivity contribution in [3.8, 4) is 28.5 Å². The van der Waals surface area contributed by atoms with Crippen LogP contribution in [0.4, 0.5) is 5.95 Å². The highest BCUT2D eigenvalue weighted by Crippen LogP contribution is 2.40. The molecule has 0 bridgehead atoms. The topological polar surface area (TPSA) is 95.4 Å². The van der Waals surface area contributed by atoms with Gasteiger partial charge >= 0.3 is 0 Å². The van der Waals surface area contributed by atoms with Gasteiger partial charge in [-0.15, -0.1) is 0 Å². The number of aromatic nitrogens is 6. The van der Waals surface area contributed by atoms with Crippen molar-refractivity contribution in [2.45, 2.75) is 18.8 Å². The molecule has 0 spiro atoms. The first kappa shape index (κ1) is 16.8. The normalized spacial score (nSPS) is 13.6. The monoisotopic (exact) mass is 389 g/mol. The summed E-state index contributed by atoms with van der Waals surface area (Å²) in [6.45, 7) is 0. The van der Waals surface area contributed by atoms with E-state index in [4.69, 9.17) is 27.3 Å². The second kappa shape index (κ2) is 6.69. The first-order valence-electron chi connectivity index (χ1n) is 8.93. The van der Waals surface area contributed by atoms with Gasteiger partial charge in [-0.1, -0.05) is 23.7 Å². The Morgan fingerprint density at radius 2 is 1.68 bits per heavy atom. The lowest BCUT2D eigenvalue weighted by Gasteiger charge is -2.08. The second-order valence-corrected chi connectivity index (χ2v) is 7.19. The van der Waals surface area contributed by atoms with E-state index in [1.165, 1.54) is 0 Å². The zero-order valence-electron chi connectivity index (χ0n) is 14.8. The van der Waals surface area contributed by atoms with Crippen molar-refractivity contribution < 1.29 is 0 Å². The van der Waals surface area contributed by atoms with Gasteiger partial charge in [0.2, 0.25) is 11.9 Å². The summed E-state index contributed by atoms with van der Waals surface area (Å²) in [5.74, 6) is 1.32. The standard InChI is InChI=1S/C20H16ClN7/c21-15-5-3-13(4-6-15)17-7-16(12-1-2-12)26-20(27-17)28-10-18(25-11-28)14-8-23-19(22)24-9-14/h3-12H,1-2H2,(H2,22,23,24). The molecule has 28 heavy (non-hydrogen) atoms. The number of nitrogens with two attached hydrogens (primary N) is 1. The van der Waals surface area contributed by atoms with Crippen molar-refractivity contribution in [3.05, 3.63) is 66.0 Å². The lowest BCUT2D eigenvalue weighted by Crippen LogP contribution is -2.03. The van der Waals surface area contributed by atoms with Crippen LogP contribution in [0.2, 0.25) is 5.02 Å². The molecule has 5 rings (SSSR count). The van der Waals surface area contributed by atoms with Crippen molar-refractivity contribution in [1.82, 2.24) is 29.5 Å². The second-order valence-electron chi connectivity index (χ2n) is 6.76. The summed E-state index contributed by atoms with van der Waals surface area (Å²) in [5.41, 5.74) is 10.00. The molecule has 1 aliphatic carbocycles. The van der Waals surface area contributed by atoms with E-state index in [0.29, 0.717) is 16.9 Å². The average molecular weight is 390 g/mol. The molecule has 0 saturated heterocycles. The fraction of sp³-hybridized carbons (Fsp3) is 0.150. The zero-order chi connectivity index (χ0) is 19.1. The highest BCUT2D eigenvalue weighted by atomic mass is 35.5. The van der Waals surface area contributed by atoms with Crippen LogP contribution >= 0.6 is 11.6 Å². The van der Waals surface area contributed by atoms with E-state index < -0.39 is 0 Å². The summed E-state index contributed by atoms with van der Waals surface area (Å²) in [7, 11) is 0. The van der Waals surface area contributed by atoms with Crippen molar-refractivity contribution >= 4 is 17.5 Å². The van der Waals surface area contributed by atoms with Crippen LogP contribution in [-0.4, -0.2) is 29.5 Å². The van der Waals surface area contributed by atoms with Gasteiger partial charge < -0.3 is 5.73 Å². The molecular formula is C20H16ClN7. The molecule has 0 atom stereocenters. The van der Waals surface area contributed by atoms with Gasteiger partial charge in [-0.2, -0.15) is 0 Å². The number of imidazole rings is 1. The molecule has 0 aliphatic heterocycles. The zero-order valence-corrected chi connectivity index (χ0v) is 15.6. The van der Waals surface area contributed by atoms with Gasteiger partial charge in [0.05, 0.1) is 11.4 Å². The van der Waals surface area contributed by atoms with Crippen molar-refractivity contribution in [2.75, 3.05) is 5.73 Å². The van der Waals surface area contributed by atoms with Crippen LogP contribution < -0.4 is 5.73 Å². The van der Waals surface area contributed by atoms with Gasteiger partial charge in [0.15, 0.2) is 0 Å². The minimum Gasteiger partial charge on any atom is -0.368 e. The van der Waals surface area contributed by atoms with E-state index in [2.05, 4.69) is 21.0 Å². The summed E-state index contributed by atoms with van der Waals surface area (Å²) < 4.78 is 1.82. The molecule has 7 nitrogen and oxygen atoms in total. The predicted molar refractivity (Wildman–Crippen MR) is 107 cm³/mol. The van der Waals surface area contributed by atoms with Crippen molar-refractivity contribution in [3.63, 3.8) is 0 Å². The molecule has 0 radical (unpaired) electrons. The summed E-state index contributed by atoms with van der Waals surface area (Å²) in [6.07, 6.45) is 9.18. The molecule has 1 aliphatic rings. The fourth-order valence-electron chi connectivity index (χ4n) is 2.98. The number of nitrogens with zero attached hydrogens (tertiary/aromatic N) is 6. The Kier molecular flexibility index (Phi) is 4.02. The average Bonchev–Trinajstić information content (AvgIpc) is 3.46. The Bertz CT molecular complexity index is 1130. The summed E-state index contributed by atoms with van der Waals surface area (Å²) >= 11 is 6.03. The molecule has 2 N–H and O–H groups in total. The molecule has 1 fully saturated rings.